The first kappa shape index (κ1) is 10.0. The second kappa shape index (κ2) is 4.86. The molecule has 1 heterocycles. The molecule has 0 aromatic rings. The van der Waals surface area contributed by atoms with Crippen LogP contribution in [-0.4, -0.2) is 23.9 Å². The molecule has 0 N–H and O–H groups in total. The fraction of sp³-hybridized carbons (Fsp3) is 0.800. The average Bonchev–Trinajstić information content (AvgIpc) is 2.65. The third kappa shape index (κ3) is 2.45. The Balaban J connectivity index is 2.48. The van der Waals surface area contributed by atoms with Crippen molar-refractivity contribution in [2.24, 2.45) is 5.92 Å². The highest BCUT2D eigenvalue weighted by atomic mass is 16.2. The second-order valence-corrected chi connectivity index (χ2v) is 3.50. The van der Waals surface area contributed by atoms with E-state index >= 15 is 0 Å². The Hall–Kier alpha value is -1.04. The molecule has 1 aliphatic heterocycles. The van der Waals surface area contributed by atoms with Crippen LogP contribution >= 0.6 is 0 Å². The molecule has 1 aliphatic rings. The van der Waals surface area contributed by atoms with Gasteiger partial charge in [-0.15, -0.1) is 0 Å². The molecule has 1 amide bonds. The van der Waals surface area contributed by atoms with E-state index in [-0.39, 0.29) is 5.91 Å². The minimum Gasteiger partial charge on any atom is -0.342 e. The summed E-state index contributed by atoms with van der Waals surface area (Å²) in [6, 6.07) is 2.09. The Morgan fingerprint density at radius 3 is 2.62 bits per heavy atom. The quantitative estimate of drug-likeness (QED) is 0.661. The molecule has 72 valence electrons. The zero-order chi connectivity index (χ0) is 9.68. The maximum absolute atomic E-state index is 11.7. The first-order valence-electron chi connectivity index (χ1n) is 4.98. The molecular weight excluding hydrogens is 164 g/mol. The van der Waals surface area contributed by atoms with Gasteiger partial charge in [0.15, 0.2) is 0 Å². The number of rotatable bonds is 3. The summed E-state index contributed by atoms with van der Waals surface area (Å²) < 4.78 is 0. The van der Waals surface area contributed by atoms with E-state index in [2.05, 4.69) is 6.07 Å². The second-order valence-electron chi connectivity index (χ2n) is 3.50. The Labute approximate surface area is 79.3 Å². The molecule has 1 rings (SSSR count). The smallest absolute Gasteiger partial charge is 0.239 e. The van der Waals surface area contributed by atoms with Crippen LogP contribution in [0, 0.1) is 17.2 Å². The van der Waals surface area contributed by atoms with Crippen molar-refractivity contribution in [2.75, 3.05) is 13.1 Å². The molecule has 0 aromatic heterocycles. The maximum atomic E-state index is 11.7. The maximum Gasteiger partial charge on any atom is 0.239 e. The van der Waals surface area contributed by atoms with Gasteiger partial charge in [0.2, 0.25) is 5.91 Å². The topological polar surface area (TPSA) is 44.1 Å². The zero-order valence-corrected chi connectivity index (χ0v) is 8.12. The molecule has 13 heavy (non-hydrogen) atoms. The van der Waals surface area contributed by atoms with Gasteiger partial charge < -0.3 is 4.90 Å². The van der Waals surface area contributed by atoms with Crippen molar-refractivity contribution < 1.29 is 4.79 Å². The van der Waals surface area contributed by atoms with Crippen LogP contribution in [0.25, 0.3) is 0 Å². The van der Waals surface area contributed by atoms with Crippen LogP contribution in [0.4, 0.5) is 0 Å². The lowest BCUT2D eigenvalue weighted by Gasteiger charge is -2.17. The summed E-state index contributed by atoms with van der Waals surface area (Å²) >= 11 is 0. The van der Waals surface area contributed by atoms with Crippen LogP contribution in [-0.2, 0) is 4.79 Å². The van der Waals surface area contributed by atoms with Gasteiger partial charge in [0.1, 0.15) is 5.92 Å². The van der Waals surface area contributed by atoms with Crippen molar-refractivity contribution in [1.82, 2.24) is 4.90 Å². The SMILES string of the molecule is CCCC(C#N)C(=O)N1CCCC1. The molecule has 0 spiro atoms. The van der Waals surface area contributed by atoms with Gasteiger partial charge in [0, 0.05) is 13.1 Å². The summed E-state index contributed by atoms with van der Waals surface area (Å²) in [6.07, 6.45) is 3.79. The van der Waals surface area contributed by atoms with Crippen molar-refractivity contribution in [1.29, 1.82) is 5.26 Å². The number of hydrogen-bond donors (Lipinski definition) is 0. The molecule has 1 atom stereocenters. The van der Waals surface area contributed by atoms with E-state index in [0.29, 0.717) is 6.42 Å². The van der Waals surface area contributed by atoms with Crippen molar-refractivity contribution in [3.8, 4) is 6.07 Å². The molecule has 0 saturated carbocycles. The van der Waals surface area contributed by atoms with Crippen LogP contribution < -0.4 is 0 Å². The van der Waals surface area contributed by atoms with Crippen molar-refractivity contribution in [3.05, 3.63) is 0 Å². The predicted molar refractivity (Wildman–Crippen MR) is 49.8 cm³/mol. The number of carbonyl (C=O) groups is 1. The first-order chi connectivity index (χ1) is 6.29. The van der Waals surface area contributed by atoms with Crippen LogP contribution in [0.2, 0.25) is 0 Å². The molecule has 0 aliphatic carbocycles. The molecule has 1 unspecified atom stereocenters. The van der Waals surface area contributed by atoms with E-state index in [1.54, 1.807) is 0 Å². The third-order valence-corrected chi connectivity index (χ3v) is 2.45. The number of likely N-dealkylation sites (tertiary alicyclic amines) is 1. The van der Waals surface area contributed by atoms with Crippen molar-refractivity contribution >= 4 is 5.91 Å². The van der Waals surface area contributed by atoms with Gasteiger partial charge in [0.25, 0.3) is 0 Å². The van der Waals surface area contributed by atoms with Gasteiger partial charge >= 0.3 is 0 Å². The van der Waals surface area contributed by atoms with Crippen molar-refractivity contribution in [3.63, 3.8) is 0 Å². The van der Waals surface area contributed by atoms with Gasteiger partial charge in [0.05, 0.1) is 6.07 Å². The number of carbonyl (C=O) groups excluding carboxylic acids is 1. The summed E-state index contributed by atoms with van der Waals surface area (Å²) in [4.78, 5) is 13.5. The molecule has 3 nitrogen and oxygen atoms in total. The molecule has 0 radical (unpaired) electrons. The van der Waals surface area contributed by atoms with Gasteiger partial charge in [-0.2, -0.15) is 5.26 Å². The monoisotopic (exact) mass is 180 g/mol. The van der Waals surface area contributed by atoms with Crippen LogP contribution in [0.15, 0.2) is 0 Å². The molecule has 1 fully saturated rings. The Kier molecular flexibility index (Phi) is 3.75. The normalized spacial score (nSPS) is 18.3. The molecule has 3 heteroatoms. The standard InChI is InChI=1S/C10H16N2O/c1-2-5-9(8-11)10(13)12-6-3-4-7-12/h9H,2-7H2,1H3. The van der Waals surface area contributed by atoms with E-state index in [9.17, 15) is 4.79 Å². The van der Waals surface area contributed by atoms with Crippen LogP contribution in [0.5, 0.6) is 0 Å². The van der Waals surface area contributed by atoms with E-state index in [1.807, 2.05) is 11.8 Å². The highest BCUT2D eigenvalue weighted by molar-refractivity contribution is 5.81. The number of nitrogens with zero attached hydrogens (tertiary/aromatic N) is 2. The van der Waals surface area contributed by atoms with Gasteiger partial charge in [-0.25, -0.2) is 0 Å². The number of hydrogen-bond acceptors (Lipinski definition) is 2. The third-order valence-electron chi connectivity index (χ3n) is 2.45. The summed E-state index contributed by atoms with van der Waals surface area (Å²) in [5.41, 5.74) is 0. The van der Waals surface area contributed by atoms with Crippen LogP contribution in [0.3, 0.4) is 0 Å². The molecular formula is C10H16N2O. The zero-order valence-electron chi connectivity index (χ0n) is 8.12. The molecule has 0 aromatic carbocycles. The van der Waals surface area contributed by atoms with E-state index in [0.717, 1.165) is 32.4 Å². The minimum atomic E-state index is -0.400. The van der Waals surface area contributed by atoms with Crippen LogP contribution in [0.1, 0.15) is 32.6 Å². The lowest BCUT2D eigenvalue weighted by atomic mass is 10.0. The Morgan fingerprint density at radius 2 is 2.15 bits per heavy atom. The van der Waals surface area contributed by atoms with Gasteiger partial charge in [-0.05, 0) is 19.3 Å². The lowest BCUT2D eigenvalue weighted by Crippen LogP contribution is -2.33. The predicted octanol–water partition coefficient (Wildman–Crippen LogP) is 1.55. The summed E-state index contributed by atoms with van der Waals surface area (Å²) in [5, 5.41) is 8.79. The minimum absolute atomic E-state index is 0.0434. The number of amides is 1. The fourth-order valence-corrected chi connectivity index (χ4v) is 1.69. The van der Waals surface area contributed by atoms with E-state index < -0.39 is 5.92 Å². The average molecular weight is 180 g/mol. The lowest BCUT2D eigenvalue weighted by molar-refractivity contribution is -0.132. The van der Waals surface area contributed by atoms with Gasteiger partial charge in [-0.1, -0.05) is 13.3 Å². The van der Waals surface area contributed by atoms with Crippen molar-refractivity contribution in [2.45, 2.75) is 32.6 Å². The fourth-order valence-electron chi connectivity index (χ4n) is 1.69. The largest absolute Gasteiger partial charge is 0.342 e. The Bertz CT molecular complexity index is 213. The molecule has 1 saturated heterocycles. The highest BCUT2D eigenvalue weighted by Crippen LogP contribution is 2.14. The Morgan fingerprint density at radius 1 is 1.54 bits per heavy atom. The summed E-state index contributed by atoms with van der Waals surface area (Å²) in [6.45, 7) is 3.70. The first-order valence-corrected chi connectivity index (χ1v) is 4.98. The van der Waals surface area contributed by atoms with E-state index in [4.69, 9.17) is 5.26 Å². The van der Waals surface area contributed by atoms with E-state index in [1.165, 1.54) is 0 Å². The van der Waals surface area contributed by atoms with Gasteiger partial charge in [-0.3, -0.25) is 4.79 Å². The molecule has 0 bridgehead atoms. The number of nitriles is 1. The summed E-state index contributed by atoms with van der Waals surface area (Å²) in [5.74, 6) is -0.357. The highest BCUT2D eigenvalue weighted by Gasteiger charge is 2.25. The summed E-state index contributed by atoms with van der Waals surface area (Å²) in [7, 11) is 0.